The van der Waals surface area contributed by atoms with Gasteiger partial charge in [0.25, 0.3) is 0 Å². The van der Waals surface area contributed by atoms with Gasteiger partial charge >= 0.3 is 0 Å². The van der Waals surface area contributed by atoms with Crippen LogP contribution in [0.1, 0.15) is 66.7 Å². The van der Waals surface area contributed by atoms with E-state index in [1.165, 1.54) is 45.2 Å². The van der Waals surface area contributed by atoms with Crippen molar-refractivity contribution in [2.45, 2.75) is 84.8 Å². The quantitative estimate of drug-likeness (QED) is 0.787. The molecule has 5 atom stereocenters. The zero-order valence-corrected chi connectivity index (χ0v) is 14.2. The minimum absolute atomic E-state index is 0.520. The van der Waals surface area contributed by atoms with Crippen molar-refractivity contribution in [2.75, 3.05) is 13.1 Å². The lowest BCUT2D eigenvalue weighted by Gasteiger charge is -2.50. The standard InChI is InChI=1S/C18H34N2/c1-13-7-10-20(11-8-14(2)19-13)16-17(3,4)15-6-9-18(16,5)12-15/h13-16,19H,6-12H2,1-5H3. The third-order valence-electron chi connectivity index (χ3n) is 6.83. The Hall–Kier alpha value is -0.0800. The summed E-state index contributed by atoms with van der Waals surface area (Å²) in [7, 11) is 0. The topological polar surface area (TPSA) is 15.3 Å². The van der Waals surface area contributed by atoms with Gasteiger partial charge in [-0.15, -0.1) is 0 Å². The Bertz CT molecular complexity index is 348. The van der Waals surface area contributed by atoms with Crippen molar-refractivity contribution in [1.29, 1.82) is 0 Å². The Morgan fingerprint density at radius 2 is 1.55 bits per heavy atom. The predicted molar refractivity (Wildman–Crippen MR) is 85.9 cm³/mol. The van der Waals surface area contributed by atoms with Crippen LogP contribution in [-0.2, 0) is 0 Å². The highest BCUT2D eigenvalue weighted by molar-refractivity contribution is 5.12. The number of nitrogens with zero attached hydrogens (tertiary/aromatic N) is 1. The van der Waals surface area contributed by atoms with E-state index in [1.807, 2.05) is 0 Å². The van der Waals surface area contributed by atoms with Gasteiger partial charge in [-0.3, -0.25) is 4.90 Å². The van der Waals surface area contributed by atoms with Crippen LogP contribution in [0.3, 0.4) is 0 Å². The smallest absolute Gasteiger partial charge is 0.0203 e. The van der Waals surface area contributed by atoms with E-state index in [-0.39, 0.29) is 0 Å². The van der Waals surface area contributed by atoms with Gasteiger partial charge in [0, 0.05) is 18.1 Å². The Labute approximate surface area is 125 Å². The van der Waals surface area contributed by atoms with E-state index in [1.54, 1.807) is 0 Å². The molecule has 0 amide bonds. The lowest BCUT2D eigenvalue weighted by Crippen LogP contribution is -2.55. The molecule has 0 spiro atoms. The van der Waals surface area contributed by atoms with Crippen molar-refractivity contribution < 1.29 is 0 Å². The third kappa shape index (κ3) is 2.33. The van der Waals surface area contributed by atoms with Gasteiger partial charge in [-0.2, -0.15) is 0 Å². The van der Waals surface area contributed by atoms with E-state index < -0.39 is 0 Å². The summed E-state index contributed by atoms with van der Waals surface area (Å²) in [5.74, 6) is 0.968. The van der Waals surface area contributed by atoms with Crippen LogP contribution in [0.25, 0.3) is 0 Å². The summed E-state index contributed by atoms with van der Waals surface area (Å²) < 4.78 is 0. The number of nitrogens with one attached hydrogen (secondary N) is 1. The van der Waals surface area contributed by atoms with Crippen LogP contribution in [0.5, 0.6) is 0 Å². The molecule has 1 aliphatic heterocycles. The maximum absolute atomic E-state index is 3.73. The Morgan fingerprint density at radius 3 is 2.05 bits per heavy atom. The summed E-state index contributed by atoms with van der Waals surface area (Å²) in [4.78, 5) is 2.88. The minimum Gasteiger partial charge on any atom is -0.312 e. The first kappa shape index (κ1) is 14.8. The number of fused-ring (bicyclic) bond motifs is 2. The van der Waals surface area contributed by atoms with Crippen LogP contribution in [0.4, 0.5) is 0 Å². The average molecular weight is 278 g/mol. The highest BCUT2D eigenvalue weighted by Crippen LogP contribution is 2.64. The molecule has 1 saturated heterocycles. The second-order valence-electron chi connectivity index (χ2n) is 8.90. The molecule has 1 N–H and O–H groups in total. The van der Waals surface area contributed by atoms with Crippen molar-refractivity contribution in [3.8, 4) is 0 Å². The van der Waals surface area contributed by atoms with E-state index in [4.69, 9.17) is 0 Å². The first-order valence-corrected chi connectivity index (χ1v) is 8.83. The molecular weight excluding hydrogens is 244 g/mol. The number of hydrogen-bond acceptors (Lipinski definition) is 2. The van der Waals surface area contributed by atoms with Gasteiger partial charge < -0.3 is 5.32 Å². The summed E-state index contributed by atoms with van der Waals surface area (Å²) in [6, 6.07) is 2.15. The molecule has 0 aromatic rings. The lowest BCUT2D eigenvalue weighted by atomic mass is 9.67. The summed E-state index contributed by atoms with van der Waals surface area (Å²) in [5.41, 5.74) is 1.11. The third-order valence-corrected chi connectivity index (χ3v) is 6.83. The van der Waals surface area contributed by atoms with Crippen LogP contribution < -0.4 is 5.32 Å². The summed E-state index contributed by atoms with van der Waals surface area (Å²) in [6.45, 7) is 15.0. The van der Waals surface area contributed by atoms with Crippen molar-refractivity contribution in [3.05, 3.63) is 0 Å². The highest BCUT2D eigenvalue weighted by atomic mass is 15.2. The van der Waals surface area contributed by atoms with Gasteiger partial charge in [-0.1, -0.05) is 20.8 Å². The second-order valence-corrected chi connectivity index (χ2v) is 8.90. The van der Waals surface area contributed by atoms with Crippen LogP contribution in [0, 0.1) is 16.7 Å². The molecule has 0 radical (unpaired) electrons. The van der Waals surface area contributed by atoms with Gasteiger partial charge in [0.1, 0.15) is 0 Å². The van der Waals surface area contributed by atoms with Gasteiger partial charge in [-0.05, 0) is 75.8 Å². The average Bonchev–Trinajstić information content (AvgIpc) is 2.81. The fraction of sp³-hybridized carbons (Fsp3) is 1.00. The van der Waals surface area contributed by atoms with Gasteiger partial charge in [0.05, 0.1) is 0 Å². The van der Waals surface area contributed by atoms with Crippen LogP contribution >= 0.6 is 0 Å². The monoisotopic (exact) mass is 278 g/mol. The molecule has 3 aliphatic rings. The van der Waals surface area contributed by atoms with Gasteiger partial charge in [0.2, 0.25) is 0 Å². The summed E-state index contributed by atoms with van der Waals surface area (Å²) >= 11 is 0. The molecule has 2 heteroatoms. The molecule has 3 rings (SSSR count). The maximum atomic E-state index is 3.73. The minimum atomic E-state index is 0.520. The molecule has 0 aromatic carbocycles. The molecule has 2 aliphatic carbocycles. The van der Waals surface area contributed by atoms with Crippen molar-refractivity contribution in [3.63, 3.8) is 0 Å². The molecule has 5 unspecified atom stereocenters. The van der Waals surface area contributed by atoms with Crippen molar-refractivity contribution in [1.82, 2.24) is 10.2 Å². The largest absolute Gasteiger partial charge is 0.312 e. The molecule has 2 bridgehead atoms. The fourth-order valence-electron chi connectivity index (χ4n) is 5.93. The van der Waals surface area contributed by atoms with Crippen LogP contribution in [0.2, 0.25) is 0 Å². The molecule has 1 heterocycles. The second kappa shape index (κ2) is 4.98. The maximum Gasteiger partial charge on any atom is 0.0203 e. The van der Waals surface area contributed by atoms with Gasteiger partial charge in [-0.25, -0.2) is 0 Å². The number of rotatable bonds is 1. The van der Waals surface area contributed by atoms with Crippen LogP contribution in [-0.4, -0.2) is 36.1 Å². The first-order chi connectivity index (χ1) is 9.33. The highest BCUT2D eigenvalue weighted by Gasteiger charge is 2.60. The Kier molecular flexibility index (Phi) is 3.70. The van der Waals surface area contributed by atoms with Gasteiger partial charge in [0.15, 0.2) is 0 Å². The zero-order chi connectivity index (χ0) is 14.5. The molecule has 3 fully saturated rings. The SMILES string of the molecule is CC1CCN(C2C3(C)CCC(C3)C2(C)C)CCC(C)N1. The molecular formula is C18H34N2. The van der Waals surface area contributed by atoms with E-state index in [9.17, 15) is 0 Å². The van der Waals surface area contributed by atoms with Crippen LogP contribution in [0.15, 0.2) is 0 Å². The number of hydrogen-bond donors (Lipinski definition) is 1. The lowest BCUT2D eigenvalue weighted by molar-refractivity contribution is -0.00357. The molecule has 116 valence electrons. The fourth-order valence-corrected chi connectivity index (χ4v) is 5.93. The zero-order valence-electron chi connectivity index (χ0n) is 14.2. The van der Waals surface area contributed by atoms with Crippen molar-refractivity contribution >= 4 is 0 Å². The normalized spacial score (nSPS) is 49.0. The first-order valence-electron chi connectivity index (χ1n) is 8.83. The van der Waals surface area contributed by atoms with Crippen molar-refractivity contribution in [2.24, 2.45) is 16.7 Å². The molecule has 2 saturated carbocycles. The molecule has 2 nitrogen and oxygen atoms in total. The Balaban J connectivity index is 1.80. The molecule has 0 aromatic heterocycles. The summed E-state index contributed by atoms with van der Waals surface area (Å²) in [6.07, 6.45) is 7.02. The Morgan fingerprint density at radius 1 is 0.950 bits per heavy atom. The summed E-state index contributed by atoms with van der Waals surface area (Å²) in [5, 5.41) is 3.73. The van der Waals surface area contributed by atoms with E-state index in [0.29, 0.717) is 22.9 Å². The molecule has 20 heavy (non-hydrogen) atoms. The van der Waals surface area contributed by atoms with E-state index in [2.05, 4.69) is 44.8 Å². The van der Waals surface area contributed by atoms with E-state index >= 15 is 0 Å². The predicted octanol–water partition coefficient (Wildman–Crippen LogP) is 3.66. The van der Waals surface area contributed by atoms with E-state index in [0.717, 1.165) is 12.0 Å².